The van der Waals surface area contributed by atoms with Crippen molar-refractivity contribution < 1.29 is 23.4 Å². The van der Waals surface area contributed by atoms with Gasteiger partial charge in [-0.05, 0) is 58.4 Å². The van der Waals surface area contributed by atoms with Crippen LogP contribution in [0, 0.1) is 0 Å². The van der Waals surface area contributed by atoms with Gasteiger partial charge >= 0.3 is 5.97 Å². The third kappa shape index (κ3) is 5.03. The molecule has 1 aromatic heterocycles. The van der Waals surface area contributed by atoms with E-state index in [4.69, 9.17) is 18.6 Å². The van der Waals surface area contributed by atoms with Crippen LogP contribution < -0.4 is 9.47 Å². The lowest BCUT2D eigenvalue weighted by molar-refractivity contribution is -0.143. The fourth-order valence-electron chi connectivity index (χ4n) is 6.25. The SMILES string of the molecule is CCOC(=O)C(c1ccc2c(c1)OCO2)c1cn(C)c2cc(CO[Si](C(C)C)(C(C)C)C(C)C)ccc12. The third-order valence-corrected chi connectivity index (χ3v) is 13.9. The summed E-state index contributed by atoms with van der Waals surface area (Å²) in [5.41, 5.74) is 5.55. The Labute approximate surface area is 222 Å². The summed E-state index contributed by atoms with van der Waals surface area (Å²) < 4.78 is 25.5. The Kier molecular flexibility index (Phi) is 8.04. The lowest BCUT2D eigenvalue weighted by atomic mass is 9.90. The third-order valence-electron chi connectivity index (χ3n) is 7.85. The molecule has 4 rings (SSSR count). The van der Waals surface area contributed by atoms with Crippen LogP contribution in [0.25, 0.3) is 10.9 Å². The molecule has 7 heteroatoms. The van der Waals surface area contributed by atoms with Gasteiger partial charge in [-0.3, -0.25) is 4.79 Å². The van der Waals surface area contributed by atoms with Crippen molar-refractivity contribution in [2.45, 2.75) is 77.6 Å². The summed E-state index contributed by atoms with van der Waals surface area (Å²) in [5.74, 6) is 0.503. The summed E-state index contributed by atoms with van der Waals surface area (Å²) in [7, 11) is 0.0505. The highest BCUT2D eigenvalue weighted by Gasteiger charge is 2.45. The van der Waals surface area contributed by atoms with E-state index in [9.17, 15) is 4.79 Å². The van der Waals surface area contributed by atoms with E-state index in [-0.39, 0.29) is 12.8 Å². The number of hydrogen-bond donors (Lipinski definition) is 0. The molecule has 0 saturated carbocycles. The number of carbonyl (C=O) groups is 1. The number of aryl methyl sites for hydroxylation is 1. The molecule has 1 unspecified atom stereocenters. The molecule has 0 N–H and O–H groups in total. The van der Waals surface area contributed by atoms with Gasteiger partial charge in [0.1, 0.15) is 5.92 Å². The first-order valence-corrected chi connectivity index (χ1v) is 15.5. The lowest BCUT2D eigenvalue weighted by Gasteiger charge is -2.42. The van der Waals surface area contributed by atoms with Crippen molar-refractivity contribution >= 4 is 25.2 Å². The van der Waals surface area contributed by atoms with E-state index >= 15 is 0 Å². The smallest absolute Gasteiger partial charge is 0.317 e. The van der Waals surface area contributed by atoms with E-state index in [0.717, 1.165) is 27.6 Å². The summed E-state index contributed by atoms with van der Waals surface area (Å²) >= 11 is 0. The normalized spacial score (nSPS) is 14.2. The minimum atomic E-state index is -1.97. The van der Waals surface area contributed by atoms with Crippen molar-refractivity contribution in [3.8, 4) is 11.5 Å². The first kappa shape index (κ1) is 27.3. The van der Waals surface area contributed by atoms with Gasteiger partial charge in [-0.2, -0.15) is 0 Å². The molecule has 0 fully saturated rings. The maximum Gasteiger partial charge on any atom is 0.317 e. The molecule has 0 spiro atoms. The summed E-state index contributed by atoms with van der Waals surface area (Å²) in [6, 6.07) is 12.1. The van der Waals surface area contributed by atoms with Gasteiger partial charge in [-0.15, -0.1) is 0 Å². The van der Waals surface area contributed by atoms with Crippen LogP contribution in [0.1, 0.15) is 71.1 Å². The fourth-order valence-corrected chi connectivity index (χ4v) is 11.7. The molecule has 2 aromatic carbocycles. The molecule has 1 aliphatic heterocycles. The molecule has 0 amide bonds. The predicted molar refractivity (Wildman–Crippen MR) is 150 cm³/mol. The minimum Gasteiger partial charge on any atom is -0.465 e. The predicted octanol–water partition coefficient (Wildman–Crippen LogP) is 7.29. The molecule has 1 aliphatic rings. The van der Waals surface area contributed by atoms with Crippen molar-refractivity contribution in [2.75, 3.05) is 13.4 Å². The van der Waals surface area contributed by atoms with Crippen molar-refractivity contribution in [1.29, 1.82) is 0 Å². The van der Waals surface area contributed by atoms with Gasteiger partial charge < -0.3 is 23.2 Å². The molecule has 0 aliphatic carbocycles. The van der Waals surface area contributed by atoms with Gasteiger partial charge in [0.2, 0.25) is 15.1 Å². The van der Waals surface area contributed by atoms with Crippen LogP contribution in [0.4, 0.5) is 0 Å². The van der Waals surface area contributed by atoms with Gasteiger partial charge in [0.25, 0.3) is 0 Å². The van der Waals surface area contributed by atoms with E-state index in [1.807, 2.05) is 38.4 Å². The molecule has 37 heavy (non-hydrogen) atoms. The van der Waals surface area contributed by atoms with Crippen molar-refractivity contribution in [1.82, 2.24) is 4.57 Å². The molecule has 1 atom stereocenters. The standard InChI is InChI=1S/C30H41NO5Si/c1-9-33-30(32)29(23-11-13-27-28(15-23)35-18-34-27)25-16-31(8)26-14-22(10-12-24(25)26)17-36-37(19(2)3,20(4)5)21(6)7/h10-16,19-21,29H,9,17-18H2,1-8H3. The van der Waals surface area contributed by atoms with Crippen LogP contribution in [-0.2, 0) is 27.6 Å². The van der Waals surface area contributed by atoms with Crippen molar-refractivity contribution in [2.24, 2.45) is 7.05 Å². The second-order valence-corrected chi connectivity index (χ2v) is 16.4. The summed E-state index contributed by atoms with van der Waals surface area (Å²) in [5, 5.41) is 1.03. The molecule has 0 radical (unpaired) electrons. The van der Waals surface area contributed by atoms with E-state index in [0.29, 0.717) is 41.3 Å². The Hall–Kier alpha value is -2.77. The molecule has 0 bridgehead atoms. The number of aromatic nitrogens is 1. The summed E-state index contributed by atoms with van der Waals surface area (Å²) in [4.78, 5) is 13.2. The zero-order chi connectivity index (χ0) is 26.9. The number of fused-ring (bicyclic) bond motifs is 2. The average Bonchev–Trinajstić information content (AvgIpc) is 3.43. The molecule has 200 valence electrons. The number of benzene rings is 2. The second kappa shape index (κ2) is 10.9. The lowest BCUT2D eigenvalue weighted by Crippen LogP contribution is -2.47. The molecular formula is C30H41NO5Si. The van der Waals surface area contributed by atoms with Gasteiger partial charge in [0, 0.05) is 24.1 Å². The maximum atomic E-state index is 13.2. The van der Waals surface area contributed by atoms with Gasteiger partial charge in [0.15, 0.2) is 11.5 Å². The van der Waals surface area contributed by atoms with Gasteiger partial charge in [-0.1, -0.05) is 59.7 Å². The van der Waals surface area contributed by atoms with E-state index < -0.39 is 14.2 Å². The number of hydrogen-bond acceptors (Lipinski definition) is 5. The number of ether oxygens (including phenoxy) is 3. The number of rotatable bonds is 10. The number of esters is 1. The highest BCUT2D eigenvalue weighted by atomic mass is 28.4. The zero-order valence-corrected chi connectivity index (χ0v) is 24.5. The monoisotopic (exact) mass is 523 g/mol. The van der Waals surface area contributed by atoms with Gasteiger partial charge in [-0.25, -0.2) is 0 Å². The van der Waals surface area contributed by atoms with Crippen LogP contribution in [0.2, 0.25) is 16.6 Å². The first-order valence-electron chi connectivity index (χ1n) is 13.4. The van der Waals surface area contributed by atoms with Gasteiger partial charge in [0.05, 0.1) is 13.2 Å². The fraction of sp³-hybridized carbons (Fsp3) is 0.500. The Morgan fingerprint density at radius 2 is 1.65 bits per heavy atom. The topological polar surface area (TPSA) is 58.9 Å². The van der Waals surface area contributed by atoms with E-state index in [2.05, 4.69) is 64.3 Å². The molecule has 3 aromatic rings. The molecule has 0 saturated heterocycles. The minimum absolute atomic E-state index is 0.191. The summed E-state index contributed by atoms with van der Waals surface area (Å²) in [6.07, 6.45) is 2.04. The van der Waals surface area contributed by atoms with E-state index in [1.165, 1.54) is 0 Å². The van der Waals surface area contributed by atoms with E-state index in [1.54, 1.807) is 0 Å². The quantitative estimate of drug-likeness (QED) is 0.206. The highest BCUT2D eigenvalue weighted by Crippen LogP contribution is 2.43. The Morgan fingerprint density at radius 3 is 2.30 bits per heavy atom. The summed E-state index contributed by atoms with van der Waals surface area (Å²) in [6.45, 7) is 16.8. The van der Waals surface area contributed by atoms with Crippen LogP contribution in [0.5, 0.6) is 11.5 Å². The zero-order valence-electron chi connectivity index (χ0n) is 23.5. The average molecular weight is 524 g/mol. The van der Waals surface area contributed by atoms with Crippen LogP contribution >= 0.6 is 0 Å². The largest absolute Gasteiger partial charge is 0.465 e. The molecule has 6 nitrogen and oxygen atoms in total. The molecule has 2 heterocycles. The van der Waals surface area contributed by atoms with Crippen LogP contribution in [-0.4, -0.2) is 32.3 Å². The Morgan fingerprint density at radius 1 is 0.973 bits per heavy atom. The highest BCUT2D eigenvalue weighted by molar-refractivity contribution is 6.77. The number of nitrogens with zero attached hydrogens (tertiary/aromatic N) is 1. The molecular weight excluding hydrogens is 482 g/mol. The van der Waals surface area contributed by atoms with Crippen LogP contribution in [0.15, 0.2) is 42.6 Å². The maximum absolute atomic E-state index is 13.2. The van der Waals surface area contributed by atoms with Crippen LogP contribution in [0.3, 0.4) is 0 Å². The van der Waals surface area contributed by atoms with Crippen molar-refractivity contribution in [3.05, 3.63) is 59.3 Å². The Bertz CT molecular complexity index is 1240. The first-order chi connectivity index (χ1) is 17.6. The second-order valence-electron chi connectivity index (χ2n) is 11.0. The Balaban J connectivity index is 1.71. The number of carbonyl (C=O) groups excluding carboxylic acids is 1. The van der Waals surface area contributed by atoms with Crippen molar-refractivity contribution in [3.63, 3.8) is 0 Å².